The van der Waals surface area contributed by atoms with Gasteiger partial charge in [0.2, 0.25) is 0 Å². The summed E-state index contributed by atoms with van der Waals surface area (Å²) in [5, 5.41) is 14.8. The Morgan fingerprint density at radius 1 is 1.17 bits per heavy atom. The summed E-state index contributed by atoms with van der Waals surface area (Å²) < 4.78 is 13.5. The second-order valence-electron chi connectivity index (χ2n) is 6.02. The standard InChI is InChI=1S/C19H23FN2O2/c1-13-3-5-16(11-18(13)20)12-21-19(24)22-14(2)4-6-15-7-9-17(23)10-8-15/h3,5,7-11,14,23H,4,6,12H2,1-2H3,(H2,21,22,24). The Hall–Kier alpha value is -2.56. The summed E-state index contributed by atoms with van der Waals surface area (Å²) in [4.78, 5) is 11.9. The van der Waals surface area contributed by atoms with Gasteiger partial charge in [0.15, 0.2) is 0 Å². The minimum Gasteiger partial charge on any atom is -0.508 e. The van der Waals surface area contributed by atoms with Crippen LogP contribution in [0.5, 0.6) is 5.75 Å². The van der Waals surface area contributed by atoms with Gasteiger partial charge in [0.25, 0.3) is 0 Å². The lowest BCUT2D eigenvalue weighted by Gasteiger charge is -2.15. The fourth-order valence-electron chi connectivity index (χ4n) is 2.32. The Morgan fingerprint density at radius 3 is 2.50 bits per heavy atom. The number of urea groups is 1. The second kappa shape index (κ2) is 8.34. The summed E-state index contributed by atoms with van der Waals surface area (Å²) in [6.45, 7) is 3.92. The molecule has 0 fully saturated rings. The average Bonchev–Trinajstić information content (AvgIpc) is 2.55. The Bertz CT molecular complexity index is 686. The summed E-state index contributed by atoms with van der Waals surface area (Å²) in [5.41, 5.74) is 2.42. The number of aryl methyl sites for hydroxylation is 2. The van der Waals surface area contributed by atoms with E-state index in [9.17, 15) is 14.3 Å². The van der Waals surface area contributed by atoms with Crippen LogP contribution in [0.25, 0.3) is 0 Å². The van der Waals surface area contributed by atoms with E-state index in [0.29, 0.717) is 5.56 Å². The molecule has 0 aliphatic rings. The van der Waals surface area contributed by atoms with E-state index in [0.717, 1.165) is 24.0 Å². The number of rotatable bonds is 6. The van der Waals surface area contributed by atoms with E-state index < -0.39 is 0 Å². The maximum atomic E-state index is 13.5. The number of phenols is 1. The van der Waals surface area contributed by atoms with Crippen molar-refractivity contribution in [1.82, 2.24) is 10.6 Å². The van der Waals surface area contributed by atoms with E-state index in [2.05, 4.69) is 10.6 Å². The molecule has 0 saturated carbocycles. The fraction of sp³-hybridized carbons (Fsp3) is 0.316. The predicted octanol–water partition coefficient (Wildman–Crippen LogP) is 3.66. The number of benzene rings is 2. The molecule has 2 aromatic carbocycles. The number of hydrogen-bond donors (Lipinski definition) is 3. The van der Waals surface area contributed by atoms with Crippen molar-refractivity contribution >= 4 is 6.03 Å². The maximum absolute atomic E-state index is 13.5. The number of hydrogen-bond acceptors (Lipinski definition) is 2. The number of carbonyl (C=O) groups is 1. The van der Waals surface area contributed by atoms with E-state index >= 15 is 0 Å². The van der Waals surface area contributed by atoms with Gasteiger partial charge in [-0.05, 0) is 61.6 Å². The quantitative estimate of drug-likeness (QED) is 0.757. The van der Waals surface area contributed by atoms with Crippen molar-refractivity contribution in [2.24, 2.45) is 0 Å². The first kappa shape index (κ1) is 17.8. The van der Waals surface area contributed by atoms with E-state index in [1.54, 1.807) is 31.2 Å². The highest BCUT2D eigenvalue weighted by Gasteiger charge is 2.08. The zero-order valence-corrected chi connectivity index (χ0v) is 14.0. The van der Waals surface area contributed by atoms with Crippen molar-refractivity contribution < 1.29 is 14.3 Å². The molecule has 0 saturated heterocycles. The molecule has 2 rings (SSSR count). The molecule has 2 amide bonds. The summed E-state index contributed by atoms with van der Waals surface area (Å²) in [5.74, 6) is -0.0196. The fourth-order valence-corrected chi connectivity index (χ4v) is 2.32. The molecule has 0 radical (unpaired) electrons. The third kappa shape index (κ3) is 5.57. The Balaban J connectivity index is 1.72. The number of nitrogens with one attached hydrogen (secondary N) is 2. The van der Waals surface area contributed by atoms with Crippen molar-refractivity contribution in [3.63, 3.8) is 0 Å². The largest absolute Gasteiger partial charge is 0.508 e. The number of aromatic hydroxyl groups is 1. The van der Waals surface area contributed by atoms with Crippen LogP contribution in [0.1, 0.15) is 30.0 Å². The highest BCUT2D eigenvalue weighted by molar-refractivity contribution is 5.74. The summed E-state index contributed by atoms with van der Waals surface area (Å²) in [6.07, 6.45) is 1.60. The lowest BCUT2D eigenvalue weighted by Crippen LogP contribution is -2.40. The summed E-state index contributed by atoms with van der Waals surface area (Å²) in [7, 11) is 0. The Morgan fingerprint density at radius 2 is 1.83 bits per heavy atom. The first-order valence-corrected chi connectivity index (χ1v) is 8.01. The molecular weight excluding hydrogens is 307 g/mol. The molecule has 0 aliphatic heterocycles. The SMILES string of the molecule is Cc1ccc(CNC(=O)NC(C)CCc2ccc(O)cc2)cc1F. The van der Waals surface area contributed by atoms with Gasteiger partial charge in [-0.1, -0.05) is 24.3 Å². The molecule has 4 nitrogen and oxygen atoms in total. The zero-order chi connectivity index (χ0) is 17.5. The highest BCUT2D eigenvalue weighted by Crippen LogP contribution is 2.12. The predicted molar refractivity (Wildman–Crippen MR) is 92.4 cm³/mol. The molecule has 0 aliphatic carbocycles. The molecule has 0 bridgehead atoms. The Labute approximate surface area is 141 Å². The van der Waals surface area contributed by atoms with Gasteiger partial charge in [-0.3, -0.25) is 0 Å². The van der Waals surface area contributed by atoms with Crippen molar-refractivity contribution in [3.8, 4) is 5.75 Å². The van der Waals surface area contributed by atoms with Crippen LogP contribution in [0.15, 0.2) is 42.5 Å². The molecule has 0 aromatic heterocycles. The number of halogens is 1. The number of carbonyl (C=O) groups excluding carboxylic acids is 1. The van der Waals surface area contributed by atoms with Gasteiger partial charge < -0.3 is 15.7 Å². The van der Waals surface area contributed by atoms with Gasteiger partial charge in [-0.25, -0.2) is 9.18 Å². The molecule has 0 heterocycles. The number of phenolic OH excluding ortho intramolecular Hbond substituents is 1. The summed E-state index contributed by atoms with van der Waals surface area (Å²) in [6, 6.07) is 11.7. The molecular formula is C19H23FN2O2. The van der Waals surface area contributed by atoms with E-state index in [1.165, 1.54) is 6.07 Å². The third-order valence-corrected chi connectivity index (χ3v) is 3.87. The van der Waals surface area contributed by atoms with Crippen LogP contribution < -0.4 is 10.6 Å². The van der Waals surface area contributed by atoms with E-state index in [1.807, 2.05) is 19.1 Å². The van der Waals surface area contributed by atoms with Crippen LogP contribution in [0.2, 0.25) is 0 Å². The molecule has 1 unspecified atom stereocenters. The van der Waals surface area contributed by atoms with E-state index in [-0.39, 0.29) is 30.2 Å². The van der Waals surface area contributed by atoms with Crippen molar-refractivity contribution in [2.45, 2.75) is 39.3 Å². The van der Waals surface area contributed by atoms with Gasteiger partial charge in [-0.2, -0.15) is 0 Å². The lowest BCUT2D eigenvalue weighted by atomic mass is 10.1. The molecule has 5 heteroatoms. The maximum Gasteiger partial charge on any atom is 0.315 e. The van der Waals surface area contributed by atoms with Crippen LogP contribution in [0, 0.1) is 12.7 Å². The first-order valence-electron chi connectivity index (χ1n) is 8.01. The van der Waals surface area contributed by atoms with Gasteiger partial charge in [0, 0.05) is 12.6 Å². The minimum absolute atomic E-state index is 0.00792. The van der Waals surface area contributed by atoms with Gasteiger partial charge in [0.1, 0.15) is 11.6 Å². The normalized spacial score (nSPS) is 11.8. The Kier molecular flexibility index (Phi) is 6.18. The van der Waals surface area contributed by atoms with Crippen LogP contribution >= 0.6 is 0 Å². The van der Waals surface area contributed by atoms with Crippen LogP contribution in [-0.2, 0) is 13.0 Å². The number of amides is 2. The summed E-state index contributed by atoms with van der Waals surface area (Å²) >= 11 is 0. The van der Waals surface area contributed by atoms with Crippen LogP contribution in [0.3, 0.4) is 0 Å². The third-order valence-electron chi connectivity index (χ3n) is 3.87. The van der Waals surface area contributed by atoms with Gasteiger partial charge >= 0.3 is 6.03 Å². The second-order valence-corrected chi connectivity index (χ2v) is 6.02. The van der Waals surface area contributed by atoms with Crippen molar-refractivity contribution in [1.29, 1.82) is 0 Å². The molecule has 0 spiro atoms. The lowest BCUT2D eigenvalue weighted by molar-refractivity contribution is 0.237. The average molecular weight is 330 g/mol. The molecule has 1 atom stereocenters. The minimum atomic E-state index is -0.269. The monoisotopic (exact) mass is 330 g/mol. The topological polar surface area (TPSA) is 61.4 Å². The van der Waals surface area contributed by atoms with Crippen LogP contribution in [-0.4, -0.2) is 17.2 Å². The van der Waals surface area contributed by atoms with Gasteiger partial charge in [-0.15, -0.1) is 0 Å². The molecule has 3 N–H and O–H groups in total. The molecule has 2 aromatic rings. The molecule has 128 valence electrons. The van der Waals surface area contributed by atoms with Crippen molar-refractivity contribution in [2.75, 3.05) is 0 Å². The highest BCUT2D eigenvalue weighted by atomic mass is 19.1. The first-order chi connectivity index (χ1) is 11.4. The van der Waals surface area contributed by atoms with Crippen LogP contribution in [0.4, 0.5) is 9.18 Å². The van der Waals surface area contributed by atoms with Gasteiger partial charge in [0.05, 0.1) is 0 Å². The van der Waals surface area contributed by atoms with Crippen molar-refractivity contribution in [3.05, 3.63) is 65.0 Å². The molecule has 24 heavy (non-hydrogen) atoms. The zero-order valence-electron chi connectivity index (χ0n) is 14.0. The van der Waals surface area contributed by atoms with E-state index in [4.69, 9.17) is 0 Å². The smallest absolute Gasteiger partial charge is 0.315 e.